The third kappa shape index (κ3) is 5.60. The third-order valence-electron chi connectivity index (χ3n) is 6.44. The number of ether oxygens (including phenoxy) is 1. The van der Waals surface area contributed by atoms with E-state index in [0.717, 1.165) is 12.0 Å². The van der Waals surface area contributed by atoms with Gasteiger partial charge < -0.3 is 15.8 Å². The van der Waals surface area contributed by atoms with Gasteiger partial charge in [-0.3, -0.25) is 19.1 Å². The molecule has 4 aromatic heterocycles. The number of hydrogen-bond donors (Lipinski definition) is 2. The molecule has 38 heavy (non-hydrogen) atoms. The van der Waals surface area contributed by atoms with Gasteiger partial charge in [0, 0.05) is 52.9 Å². The van der Waals surface area contributed by atoms with Gasteiger partial charge in [0.1, 0.15) is 11.7 Å². The second-order valence-corrected chi connectivity index (χ2v) is 9.02. The summed E-state index contributed by atoms with van der Waals surface area (Å²) in [6.07, 6.45) is 9.18. The second-order valence-electron chi connectivity index (χ2n) is 9.02. The number of carbonyl (C=O) groups is 2. The zero-order valence-corrected chi connectivity index (χ0v) is 21.4. The first-order valence-corrected chi connectivity index (χ1v) is 12.2. The average molecular weight is 517 g/mol. The van der Waals surface area contributed by atoms with Crippen LogP contribution in [0.25, 0.3) is 33.3 Å². The molecule has 0 aliphatic carbocycles. The summed E-state index contributed by atoms with van der Waals surface area (Å²) >= 11 is 0. The van der Waals surface area contributed by atoms with Gasteiger partial charge in [0.15, 0.2) is 6.23 Å². The van der Waals surface area contributed by atoms with E-state index >= 15 is 0 Å². The Morgan fingerprint density at radius 3 is 2.63 bits per heavy atom. The Bertz CT molecular complexity index is 1500. The molecule has 1 amide bonds. The molecular weight excluding hydrogens is 487 g/mol. The molecule has 2 unspecified atom stereocenters. The fourth-order valence-corrected chi connectivity index (χ4v) is 4.02. The highest BCUT2D eigenvalue weighted by Gasteiger charge is 2.25. The van der Waals surface area contributed by atoms with Crippen molar-refractivity contribution in [1.29, 1.82) is 0 Å². The van der Waals surface area contributed by atoms with Crippen molar-refractivity contribution in [2.24, 2.45) is 11.7 Å². The molecule has 4 aromatic rings. The van der Waals surface area contributed by atoms with Gasteiger partial charge in [-0.15, -0.1) is 0 Å². The third-order valence-corrected chi connectivity index (χ3v) is 6.44. The minimum absolute atomic E-state index is 0.0345. The van der Waals surface area contributed by atoms with E-state index in [1.54, 1.807) is 42.2 Å². The highest BCUT2D eigenvalue weighted by molar-refractivity contribution is 5.99. The standard InChI is InChI=1S/C28H29FN6O3/c1-5-16(3)26(30)28(37)38-17(4)35-15-23(18-7-8-32-24(29)11-18)22-10-20(13-33-27(22)35)19-9-21(14-31-12-19)34-25(36)6-2/h6-17,26H,2,5,30H2,1,3-4H3,(H,34,36)/t16?,17-,26?/m0/s1. The average Bonchev–Trinajstić information content (AvgIpc) is 3.31. The van der Waals surface area contributed by atoms with E-state index in [1.165, 1.54) is 24.5 Å². The summed E-state index contributed by atoms with van der Waals surface area (Å²) in [5, 5.41) is 3.39. The van der Waals surface area contributed by atoms with Crippen LogP contribution in [0.15, 0.2) is 67.9 Å². The molecule has 3 atom stereocenters. The predicted molar refractivity (Wildman–Crippen MR) is 143 cm³/mol. The number of esters is 1. The SMILES string of the molecule is C=CC(=O)Nc1cncc(-c2cnc3c(c2)c(-c2ccnc(F)c2)cn3[C@H](C)OC(=O)C(N)C(C)CC)c1. The molecule has 9 nitrogen and oxygen atoms in total. The number of fused-ring (bicyclic) bond motifs is 1. The Labute approximate surface area is 219 Å². The van der Waals surface area contributed by atoms with Gasteiger partial charge >= 0.3 is 5.97 Å². The van der Waals surface area contributed by atoms with Crippen LogP contribution in [0, 0.1) is 11.9 Å². The van der Waals surface area contributed by atoms with Crippen molar-refractivity contribution < 1.29 is 18.7 Å². The number of anilines is 1. The number of pyridine rings is 3. The van der Waals surface area contributed by atoms with Gasteiger partial charge in [-0.05, 0) is 42.7 Å². The van der Waals surface area contributed by atoms with Crippen LogP contribution in [-0.4, -0.2) is 37.4 Å². The lowest BCUT2D eigenvalue weighted by Gasteiger charge is -2.21. The summed E-state index contributed by atoms with van der Waals surface area (Å²) in [6, 6.07) is 5.92. The Balaban J connectivity index is 1.78. The lowest BCUT2D eigenvalue weighted by atomic mass is 10.0. The first kappa shape index (κ1) is 26.6. The molecule has 10 heteroatoms. The highest BCUT2D eigenvalue weighted by Crippen LogP contribution is 2.35. The fraction of sp³-hybridized carbons (Fsp3) is 0.250. The minimum Gasteiger partial charge on any atom is -0.440 e. The maximum atomic E-state index is 14.0. The van der Waals surface area contributed by atoms with E-state index in [9.17, 15) is 14.0 Å². The van der Waals surface area contributed by atoms with Crippen molar-refractivity contribution in [3.63, 3.8) is 0 Å². The monoisotopic (exact) mass is 516 g/mol. The van der Waals surface area contributed by atoms with E-state index in [4.69, 9.17) is 10.5 Å². The van der Waals surface area contributed by atoms with Crippen molar-refractivity contribution in [1.82, 2.24) is 19.5 Å². The first-order chi connectivity index (χ1) is 18.2. The Morgan fingerprint density at radius 2 is 1.92 bits per heavy atom. The molecule has 0 aromatic carbocycles. The van der Waals surface area contributed by atoms with Crippen LogP contribution >= 0.6 is 0 Å². The first-order valence-electron chi connectivity index (χ1n) is 12.2. The number of halogens is 1. The number of hydrogen-bond acceptors (Lipinski definition) is 7. The Kier molecular flexibility index (Phi) is 7.92. The topological polar surface area (TPSA) is 125 Å². The number of nitrogens with two attached hydrogens (primary N) is 1. The van der Waals surface area contributed by atoms with Crippen molar-refractivity contribution in [3.05, 3.63) is 73.9 Å². The van der Waals surface area contributed by atoms with Crippen molar-refractivity contribution in [3.8, 4) is 22.3 Å². The highest BCUT2D eigenvalue weighted by atomic mass is 19.1. The van der Waals surface area contributed by atoms with Crippen LogP contribution in [0.4, 0.5) is 10.1 Å². The lowest BCUT2D eigenvalue weighted by molar-refractivity contribution is -0.155. The van der Waals surface area contributed by atoms with Crippen LogP contribution < -0.4 is 11.1 Å². The Hall–Kier alpha value is -4.44. The summed E-state index contributed by atoms with van der Waals surface area (Å²) in [6.45, 7) is 9.04. The lowest BCUT2D eigenvalue weighted by Crippen LogP contribution is -2.38. The van der Waals surface area contributed by atoms with Gasteiger partial charge in [0.05, 0.1) is 11.9 Å². The quantitative estimate of drug-likeness (QED) is 0.185. The van der Waals surface area contributed by atoms with E-state index in [-0.39, 0.29) is 11.8 Å². The second kappa shape index (κ2) is 11.3. The van der Waals surface area contributed by atoms with Gasteiger partial charge in [-0.25, -0.2) is 9.97 Å². The van der Waals surface area contributed by atoms with Gasteiger partial charge in [0.25, 0.3) is 0 Å². The molecule has 0 saturated heterocycles. The predicted octanol–water partition coefficient (Wildman–Crippen LogP) is 4.86. The van der Waals surface area contributed by atoms with Crippen LogP contribution in [0.5, 0.6) is 0 Å². The summed E-state index contributed by atoms with van der Waals surface area (Å²) in [5.74, 6) is -1.52. The van der Waals surface area contributed by atoms with Crippen molar-refractivity contribution in [2.45, 2.75) is 39.5 Å². The van der Waals surface area contributed by atoms with E-state index in [0.29, 0.717) is 33.4 Å². The molecule has 0 saturated carbocycles. The number of amides is 1. The number of rotatable bonds is 9. The maximum absolute atomic E-state index is 14.0. The summed E-state index contributed by atoms with van der Waals surface area (Å²) < 4.78 is 21.5. The van der Waals surface area contributed by atoms with Crippen LogP contribution in [0.3, 0.4) is 0 Å². The summed E-state index contributed by atoms with van der Waals surface area (Å²) in [4.78, 5) is 36.9. The molecule has 0 radical (unpaired) electrons. The number of nitrogens with one attached hydrogen (secondary N) is 1. The molecule has 0 spiro atoms. The van der Waals surface area contributed by atoms with Gasteiger partial charge in [0.2, 0.25) is 11.9 Å². The van der Waals surface area contributed by atoms with E-state index in [2.05, 4.69) is 26.8 Å². The summed E-state index contributed by atoms with van der Waals surface area (Å²) in [5.41, 5.74) is 9.79. The van der Waals surface area contributed by atoms with Gasteiger partial charge in [-0.1, -0.05) is 26.8 Å². The molecule has 0 bridgehead atoms. The van der Waals surface area contributed by atoms with Crippen LogP contribution in [0.2, 0.25) is 0 Å². The molecular formula is C28H29FN6O3. The molecule has 0 aliphatic heterocycles. The maximum Gasteiger partial charge on any atom is 0.325 e. The fourth-order valence-electron chi connectivity index (χ4n) is 4.02. The molecule has 0 aliphatic rings. The smallest absolute Gasteiger partial charge is 0.325 e. The zero-order valence-electron chi connectivity index (χ0n) is 21.4. The van der Waals surface area contributed by atoms with E-state index in [1.807, 2.05) is 19.9 Å². The molecule has 4 rings (SSSR count). The number of carbonyl (C=O) groups excluding carboxylic acids is 2. The molecule has 4 heterocycles. The number of aromatic nitrogens is 4. The summed E-state index contributed by atoms with van der Waals surface area (Å²) in [7, 11) is 0. The zero-order chi connectivity index (χ0) is 27.4. The van der Waals surface area contributed by atoms with Gasteiger partial charge in [-0.2, -0.15) is 4.39 Å². The normalized spacial score (nSPS) is 13.5. The molecule has 196 valence electrons. The van der Waals surface area contributed by atoms with E-state index < -0.39 is 24.2 Å². The number of nitrogens with zero attached hydrogens (tertiary/aromatic N) is 4. The molecule has 0 fully saturated rings. The van der Waals surface area contributed by atoms with Crippen LogP contribution in [0.1, 0.15) is 33.4 Å². The van der Waals surface area contributed by atoms with Crippen molar-refractivity contribution >= 4 is 28.6 Å². The largest absolute Gasteiger partial charge is 0.440 e. The Morgan fingerprint density at radius 1 is 1.16 bits per heavy atom. The van der Waals surface area contributed by atoms with Crippen LogP contribution in [-0.2, 0) is 14.3 Å². The minimum atomic E-state index is -0.751. The van der Waals surface area contributed by atoms with Crippen molar-refractivity contribution in [2.75, 3.05) is 5.32 Å². The molecule has 3 N–H and O–H groups in total.